The van der Waals surface area contributed by atoms with Gasteiger partial charge in [0.15, 0.2) is 0 Å². The van der Waals surface area contributed by atoms with Crippen molar-refractivity contribution in [1.82, 2.24) is 10.6 Å². The lowest BCUT2D eigenvalue weighted by Gasteiger charge is -2.25. The normalized spacial score (nSPS) is 24.3. The molecule has 2 atom stereocenters. The fraction of sp³-hybridized carbons (Fsp3) is 0.900. The van der Waals surface area contributed by atoms with Gasteiger partial charge in [0.2, 0.25) is 5.91 Å². The van der Waals surface area contributed by atoms with E-state index in [-0.39, 0.29) is 11.8 Å². The second kappa shape index (κ2) is 6.30. The molecule has 1 unspecified atom stereocenters. The highest BCUT2D eigenvalue weighted by Crippen LogP contribution is 2.07. The molecule has 0 bridgehead atoms. The van der Waals surface area contributed by atoms with Gasteiger partial charge in [0, 0.05) is 24.3 Å². The van der Waals surface area contributed by atoms with Crippen LogP contribution >= 0.6 is 11.8 Å². The van der Waals surface area contributed by atoms with Crippen LogP contribution in [-0.4, -0.2) is 37.0 Å². The van der Waals surface area contributed by atoms with Crippen LogP contribution in [0.4, 0.5) is 0 Å². The van der Waals surface area contributed by atoms with Crippen molar-refractivity contribution < 1.29 is 4.79 Å². The van der Waals surface area contributed by atoms with Gasteiger partial charge in [-0.25, -0.2) is 0 Å². The summed E-state index contributed by atoms with van der Waals surface area (Å²) in [5, 5.41) is 6.38. The molecule has 0 aliphatic carbocycles. The average Bonchev–Trinajstić information content (AvgIpc) is 2.19. The van der Waals surface area contributed by atoms with Gasteiger partial charge in [-0.2, -0.15) is 11.8 Å². The Hall–Kier alpha value is -0.220. The summed E-state index contributed by atoms with van der Waals surface area (Å²) in [6, 6.07) is 0.348. The number of nitrogens with one attached hydrogen (secondary N) is 2. The second-order valence-corrected chi connectivity index (χ2v) is 4.82. The van der Waals surface area contributed by atoms with Crippen LogP contribution in [0, 0.1) is 5.92 Å². The number of rotatable bonds is 4. The molecule has 1 aliphatic rings. The predicted octanol–water partition coefficient (Wildman–Crippen LogP) is 0.854. The van der Waals surface area contributed by atoms with E-state index in [1.165, 1.54) is 6.42 Å². The van der Waals surface area contributed by atoms with Crippen LogP contribution in [0.2, 0.25) is 0 Å². The molecule has 0 aromatic rings. The molecule has 1 rings (SSSR count). The van der Waals surface area contributed by atoms with Gasteiger partial charge < -0.3 is 10.6 Å². The van der Waals surface area contributed by atoms with E-state index in [1.54, 1.807) is 11.8 Å². The molecule has 2 N–H and O–H groups in total. The molecular formula is C10H20N2OS. The van der Waals surface area contributed by atoms with Crippen molar-refractivity contribution in [2.45, 2.75) is 25.8 Å². The van der Waals surface area contributed by atoms with E-state index in [0.29, 0.717) is 6.04 Å². The third-order valence-corrected chi connectivity index (χ3v) is 3.34. The van der Waals surface area contributed by atoms with Crippen molar-refractivity contribution in [2.75, 3.05) is 25.1 Å². The fourth-order valence-corrected chi connectivity index (χ4v) is 2.30. The van der Waals surface area contributed by atoms with Crippen LogP contribution < -0.4 is 10.6 Å². The van der Waals surface area contributed by atoms with E-state index >= 15 is 0 Å². The van der Waals surface area contributed by atoms with Gasteiger partial charge in [0.1, 0.15) is 0 Å². The number of carbonyl (C=O) groups excluding carboxylic acids is 1. The first-order valence-electron chi connectivity index (χ1n) is 5.24. The molecule has 3 nitrogen and oxygen atoms in total. The molecule has 0 aromatic heterocycles. The molecule has 0 aromatic carbocycles. The summed E-state index contributed by atoms with van der Waals surface area (Å²) in [5.41, 5.74) is 0. The Kier molecular flexibility index (Phi) is 5.33. The third-order valence-electron chi connectivity index (χ3n) is 2.51. The van der Waals surface area contributed by atoms with Crippen molar-refractivity contribution in [2.24, 2.45) is 5.92 Å². The molecule has 82 valence electrons. The highest BCUT2D eigenvalue weighted by atomic mass is 32.2. The van der Waals surface area contributed by atoms with E-state index < -0.39 is 0 Å². The van der Waals surface area contributed by atoms with Crippen molar-refractivity contribution in [3.8, 4) is 0 Å². The van der Waals surface area contributed by atoms with Crippen LogP contribution in [0.1, 0.15) is 19.8 Å². The van der Waals surface area contributed by atoms with E-state index in [0.717, 1.165) is 25.3 Å². The quantitative estimate of drug-likeness (QED) is 0.732. The molecule has 0 spiro atoms. The van der Waals surface area contributed by atoms with Gasteiger partial charge in [-0.1, -0.05) is 6.92 Å². The van der Waals surface area contributed by atoms with Gasteiger partial charge in [0.25, 0.3) is 0 Å². The first kappa shape index (κ1) is 11.9. The zero-order chi connectivity index (χ0) is 10.4. The molecule has 1 fully saturated rings. The largest absolute Gasteiger partial charge is 0.352 e. The molecule has 1 aliphatic heterocycles. The summed E-state index contributed by atoms with van der Waals surface area (Å²) in [7, 11) is 0. The van der Waals surface area contributed by atoms with Crippen LogP contribution in [0.25, 0.3) is 0 Å². The maximum Gasteiger partial charge on any atom is 0.223 e. The Morgan fingerprint density at radius 2 is 2.50 bits per heavy atom. The standard InChI is InChI=1S/C10H20N2OS/c1-8(7-14-2)10(13)12-9-4-3-5-11-6-9/h8-9,11H,3-7H2,1-2H3,(H,12,13)/t8?,9-/m0/s1. The van der Waals surface area contributed by atoms with E-state index in [2.05, 4.69) is 10.6 Å². The first-order valence-corrected chi connectivity index (χ1v) is 6.63. The van der Waals surface area contributed by atoms with Gasteiger partial charge >= 0.3 is 0 Å². The maximum atomic E-state index is 11.6. The van der Waals surface area contributed by atoms with E-state index in [9.17, 15) is 4.79 Å². The summed E-state index contributed by atoms with van der Waals surface area (Å²) in [4.78, 5) is 11.6. The lowest BCUT2D eigenvalue weighted by Crippen LogP contribution is -2.47. The minimum atomic E-state index is 0.131. The zero-order valence-corrected chi connectivity index (χ0v) is 9.82. The number of thioether (sulfide) groups is 1. The molecule has 0 radical (unpaired) electrons. The SMILES string of the molecule is CSCC(C)C(=O)N[C@H]1CCCNC1. The number of hydrogen-bond donors (Lipinski definition) is 2. The van der Waals surface area contributed by atoms with Crippen molar-refractivity contribution in [3.63, 3.8) is 0 Å². The summed E-state index contributed by atoms with van der Waals surface area (Å²) >= 11 is 1.72. The third kappa shape index (κ3) is 3.88. The highest BCUT2D eigenvalue weighted by Gasteiger charge is 2.18. The Balaban J connectivity index is 2.24. The number of hydrogen-bond acceptors (Lipinski definition) is 3. The monoisotopic (exact) mass is 216 g/mol. The van der Waals surface area contributed by atoms with Crippen molar-refractivity contribution in [3.05, 3.63) is 0 Å². The minimum absolute atomic E-state index is 0.131. The second-order valence-electron chi connectivity index (χ2n) is 3.91. The van der Waals surface area contributed by atoms with Crippen molar-refractivity contribution >= 4 is 17.7 Å². The Bertz CT molecular complexity index is 181. The summed E-state index contributed by atoms with van der Waals surface area (Å²) in [6.07, 6.45) is 4.32. The molecule has 0 saturated carbocycles. The van der Waals surface area contributed by atoms with Crippen LogP contribution in [0.5, 0.6) is 0 Å². The number of amides is 1. The molecule has 1 saturated heterocycles. The smallest absolute Gasteiger partial charge is 0.223 e. The molecular weight excluding hydrogens is 196 g/mol. The fourth-order valence-electron chi connectivity index (χ4n) is 1.64. The van der Waals surface area contributed by atoms with E-state index in [4.69, 9.17) is 0 Å². The Morgan fingerprint density at radius 1 is 1.71 bits per heavy atom. The highest BCUT2D eigenvalue weighted by molar-refractivity contribution is 7.98. The molecule has 4 heteroatoms. The summed E-state index contributed by atoms with van der Waals surface area (Å²) < 4.78 is 0. The van der Waals surface area contributed by atoms with Crippen LogP contribution in [0.15, 0.2) is 0 Å². The average molecular weight is 216 g/mol. The lowest BCUT2D eigenvalue weighted by molar-refractivity contribution is -0.124. The molecule has 14 heavy (non-hydrogen) atoms. The summed E-state index contributed by atoms with van der Waals surface area (Å²) in [5.74, 6) is 1.24. The van der Waals surface area contributed by atoms with E-state index in [1.807, 2.05) is 13.2 Å². The van der Waals surface area contributed by atoms with Gasteiger partial charge in [-0.3, -0.25) is 4.79 Å². The predicted molar refractivity (Wildman–Crippen MR) is 61.6 cm³/mol. The molecule has 1 amide bonds. The minimum Gasteiger partial charge on any atom is -0.352 e. The first-order chi connectivity index (χ1) is 6.74. The van der Waals surface area contributed by atoms with Gasteiger partial charge in [-0.15, -0.1) is 0 Å². The Morgan fingerprint density at radius 3 is 3.07 bits per heavy atom. The number of carbonyl (C=O) groups is 1. The number of piperidine rings is 1. The summed E-state index contributed by atoms with van der Waals surface area (Å²) in [6.45, 7) is 4.01. The van der Waals surface area contributed by atoms with Crippen LogP contribution in [0.3, 0.4) is 0 Å². The topological polar surface area (TPSA) is 41.1 Å². The van der Waals surface area contributed by atoms with Crippen LogP contribution in [-0.2, 0) is 4.79 Å². The zero-order valence-electron chi connectivity index (χ0n) is 9.01. The van der Waals surface area contributed by atoms with Gasteiger partial charge in [-0.05, 0) is 25.6 Å². The van der Waals surface area contributed by atoms with Crippen molar-refractivity contribution in [1.29, 1.82) is 0 Å². The Labute approximate surface area is 90.4 Å². The van der Waals surface area contributed by atoms with Gasteiger partial charge in [0.05, 0.1) is 0 Å². The maximum absolute atomic E-state index is 11.6. The lowest BCUT2D eigenvalue weighted by atomic mass is 10.1. The molecule has 1 heterocycles.